The van der Waals surface area contributed by atoms with Gasteiger partial charge < -0.3 is 0 Å². The molecule has 0 aromatic heterocycles. The van der Waals surface area contributed by atoms with Crippen LogP contribution in [0.1, 0.15) is 49.3 Å². The minimum Gasteiger partial charge on any atom is -0.299 e. The van der Waals surface area contributed by atoms with Crippen LogP contribution in [0.2, 0.25) is 0 Å². The van der Waals surface area contributed by atoms with E-state index in [9.17, 15) is 0 Å². The molecule has 2 heteroatoms. The van der Waals surface area contributed by atoms with Crippen molar-refractivity contribution >= 4 is 11.6 Å². The van der Waals surface area contributed by atoms with E-state index in [0.29, 0.717) is 0 Å². The van der Waals surface area contributed by atoms with Crippen molar-refractivity contribution in [1.82, 2.24) is 4.90 Å². The second-order valence-corrected chi connectivity index (χ2v) is 7.75. The van der Waals surface area contributed by atoms with Crippen molar-refractivity contribution in [3.05, 3.63) is 71.3 Å². The van der Waals surface area contributed by atoms with Crippen LogP contribution in [0.15, 0.2) is 54.6 Å². The first-order chi connectivity index (χ1) is 11.7. The van der Waals surface area contributed by atoms with Crippen molar-refractivity contribution in [2.45, 2.75) is 50.4 Å². The predicted molar refractivity (Wildman–Crippen MR) is 104 cm³/mol. The first-order valence-corrected chi connectivity index (χ1v) is 9.62. The summed E-state index contributed by atoms with van der Waals surface area (Å²) >= 11 is 6.47. The van der Waals surface area contributed by atoms with Gasteiger partial charge in [-0.2, -0.15) is 0 Å². The summed E-state index contributed by atoms with van der Waals surface area (Å²) < 4.78 is 0. The predicted octanol–water partition coefficient (Wildman–Crippen LogP) is 5.76. The molecule has 0 N–H and O–H groups in total. The standard InChI is InChI=1S/C22H28ClN/c1-2-16-24(18-20-7-4-3-5-8-20)17-6-9-19-10-12-21(13-11-19)22(23)14-15-22/h3-5,7-8,10-13H,2,6,9,14-18H2,1H3. The Hall–Kier alpha value is -1.31. The van der Waals surface area contributed by atoms with E-state index in [-0.39, 0.29) is 4.87 Å². The highest BCUT2D eigenvalue weighted by Crippen LogP contribution is 2.51. The minimum absolute atomic E-state index is 0.0356. The van der Waals surface area contributed by atoms with E-state index in [1.165, 1.54) is 36.1 Å². The lowest BCUT2D eigenvalue weighted by molar-refractivity contribution is 0.262. The maximum absolute atomic E-state index is 6.47. The summed E-state index contributed by atoms with van der Waals surface area (Å²) in [5.74, 6) is 0. The molecule has 0 spiro atoms. The van der Waals surface area contributed by atoms with E-state index >= 15 is 0 Å². The molecule has 2 aromatic carbocycles. The average molecular weight is 342 g/mol. The number of hydrogen-bond acceptors (Lipinski definition) is 1. The van der Waals surface area contributed by atoms with Crippen LogP contribution >= 0.6 is 11.6 Å². The first kappa shape index (κ1) is 17.5. The number of benzene rings is 2. The Morgan fingerprint density at radius 2 is 1.62 bits per heavy atom. The lowest BCUT2D eigenvalue weighted by Crippen LogP contribution is -2.25. The number of hydrogen-bond donors (Lipinski definition) is 0. The molecule has 1 saturated carbocycles. The third kappa shape index (κ3) is 4.84. The zero-order chi connectivity index (χ0) is 16.8. The summed E-state index contributed by atoms with van der Waals surface area (Å²) in [5.41, 5.74) is 4.13. The molecule has 24 heavy (non-hydrogen) atoms. The number of halogens is 1. The van der Waals surface area contributed by atoms with E-state index in [1.807, 2.05) is 0 Å². The fourth-order valence-corrected chi connectivity index (χ4v) is 3.52. The monoisotopic (exact) mass is 341 g/mol. The fraction of sp³-hybridized carbons (Fsp3) is 0.455. The van der Waals surface area contributed by atoms with Gasteiger partial charge in [0.15, 0.2) is 0 Å². The first-order valence-electron chi connectivity index (χ1n) is 9.24. The van der Waals surface area contributed by atoms with Gasteiger partial charge in [0.1, 0.15) is 0 Å². The van der Waals surface area contributed by atoms with Crippen LogP contribution in [-0.4, -0.2) is 18.0 Å². The zero-order valence-electron chi connectivity index (χ0n) is 14.7. The Labute approximate surface area is 151 Å². The highest BCUT2D eigenvalue weighted by molar-refractivity contribution is 6.25. The van der Waals surface area contributed by atoms with Gasteiger partial charge in [-0.3, -0.25) is 4.90 Å². The quantitative estimate of drug-likeness (QED) is 0.524. The van der Waals surface area contributed by atoms with Gasteiger partial charge in [-0.05, 0) is 61.9 Å². The SMILES string of the molecule is CCCN(CCCc1ccc(C2(Cl)CC2)cc1)Cc1ccccc1. The van der Waals surface area contributed by atoms with Crippen LogP contribution < -0.4 is 0 Å². The molecule has 128 valence electrons. The molecule has 1 aliphatic carbocycles. The van der Waals surface area contributed by atoms with Crippen molar-refractivity contribution in [3.8, 4) is 0 Å². The molecule has 3 rings (SSSR count). The highest BCUT2D eigenvalue weighted by atomic mass is 35.5. The third-order valence-corrected chi connectivity index (χ3v) is 5.49. The van der Waals surface area contributed by atoms with Crippen molar-refractivity contribution in [1.29, 1.82) is 0 Å². The van der Waals surface area contributed by atoms with Crippen LogP contribution in [0.25, 0.3) is 0 Å². The van der Waals surface area contributed by atoms with Gasteiger partial charge in [0.05, 0.1) is 4.87 Å². The molecule has 0 unspecified atom stereocenters. The van der Waals surface area contributed by atoms with Crippen molar-refractivity contribution in [3.63, 3.8) is 0 Å². The minimum atomic E-state index is -0.0356. The van der Waals surface area contributed by atoms with Gasteiger partial charge in [0, 0.05) is 6.54 Å². The van der Waals surface area contributed by atoms with E-state index in [4.69, 9.17) is 11.6 Å². The van der Waals surface area contributed by atoms with Crippen LogP contribution in [0.4, 0.5) is 0 Å². The van der Waals surface area contributed by atoms with Crippen molar-refractivity contribution < 1.29 is 0 Å². The Morgan fingerprint density at radius 1 is 0.917 bits per heavy atom. The van der Waals surface area contributed by atoms with Gasteiger partial charge in [-0.15, -0.1) is 11.6 Å². The van der Waals surface area contributed by atoms with Crippen molar-refractivity contribution in [2.75, 3.05) is 13.1 Å². The van der Waals surface area contributed by atoms with E-state index < -0.39 is 0 Å². The number of aryl methyl sites for hydroxylation is 1. The lowest BCUT2D eigenvalue weighted by atomic mass is 10.0. The second kappa shape index (κ2) is 8.18. The van der Waals surface area contributed by atoms with Gasteiger partial charge in [0.25, 0.3) is 0 Å². The lowest BCUT2D eigenvalue weighted by Gasteiger charge is -2.21. The summed E-state index contributed by atoms with van der Waals surface area (Å²) in [5, 5.41) is 0. The van der Waals surface area contributed by atoms with E-state index in [1.54, 1.807) is 0 Å². The van der Waals surface area contributed by atoms with E-state index in [2.05, 4.69) is 66.4 Å². The molecule has 0 heterocycles. The summed E-state index contributed by atoms with van der Waals surface area (Å²) in [6.45, 7) is 5.64. The summed E-state index contributed by atoms with van der Waals surface area (Å²) in [6.07, 6.45) is 5.81. The van der Waals surface area contributed by atoms with Crippen LogP contribution in [0.5, 0.6) is 0 Å². The molecule has 2 aromatic rings. The summed E-state index contributed by atoms with van der Waals surface area (Å²) in [4.78, 5) is 2.54. The van der Waals surface area contributed by atoms with Crippen LogP contribution in [-0.2, 0) is 17.8 Å². The normalized spacial score (nSPS) is 15.6. The molecule has 0 radical (unpaired) electrons. The smallest absolute Gasteiger partial charge is 0.0696 e. The van der Waals surface area contributed by atoms with Crippen LogP contribution in [0, 0.1) is 0 Å². The maximum atomic E-state index is 6.47. The van der Waals surface area contributed by atoms with E-state index in [0.717, 1.165) is 32.4 Å². The molecular formula is C22H28ClN. The maximum Gasteiger partial charge on any atom is 0.0696 e. The topological polar surface area (TPSA) is 3.24 Å². The largest absolute Gasteiger partial charge is 0.299 e. The number of nitrogens with zero attached hydrogens (tertiary/aromatic N) is 1. The molecular weight excluding hydrogens is 314 g/mol. The molecule has 0 atom stereocenters. The fourth-order valence-electron chi connectivity index (χ4n) is 3.30. The molecule has 1 aliphatic rings. The Bertz CT molecular complexity index is 616. The number of rotatable bonds is 9. The second-order valence-electron chi connectivity index (χ2n) is 7.03. The molecule has 1 nitrogen and oxygen atoms in total. The molecule has 0 saturated heterocycles. The Balaban J connectivity index is 1.48. The Morgan fingerprint density at radius 3 is 2.25 bits per heavy atom. The Kier molecular flexibility index (Phi) is 5.97. The van der Waals surface area contributed by atoms with Gasteiger partial charge in [-0.25, -0.2) is 0 Å². The average Bonchev–Trinajstić information content (AvgIpc) is 3.35. The van der Waals surface area contributed by atoms with Gasteiger partial charge >= 0.3 is 0 Å². The molecule has 0 amide bonds. The number of alkyl halides is 1. The third-order valence-electron chi connectivity index (χ3n) is 4.89. The van der Waals surface area contributed by atoms with Crippen molar-refractivity contribution in [2.24, 2.45) is 0 Å². The summed E-state index contributed by atoms with van der Waals surface area (Å²) in [7, 11) is 0. The summed E-state index contributed by atoms with van der Waals surface area (Å²) in [6, 6.07) is 19.8. The molecule has 0 aliphatic heterocycles. The molecule has 1 fully saturated rings. The zero-order valence-corrected chi connectivity index (χ0v) is 15.4. The van der Waals surface area contributed by atoms with Crippen LogP contribution in [0.3, 0.4) is 0 Å². The molecule has 0 bridgehead atoms. The highest BCUT2D eigenvalue weighted by Gasteiger charge is 2.41. The van der Waals surface area contributed by atoms with Gasteiger partial charge in [-0.1, -0.05) is 61.5 Å². The van der Waals surface area contributed by atoms with Gasteiger partial charge in [0.2, 0.25) is 0 Å².